The van der Waals surface area contributed by atoms with Gasteiger partial charge in [-0.2, -0.15) is 0 Å². The van der Waals surface area contributed by atoms with E-state index in [1.807, 2.05) is 22.9 Å². The molecule has 1 aromatic heterocycles. The second-order valence-corrected chi connectivity index (χ2v) is 5.33. The highest BCUT2D eigenvalue weighted by Gasteiger charge is 2.16. The number of benzene rings is 1. The fraction of sp³-hybridized carbons (Fsp3) is 0.438. The fourth-order valence-electron chi connectivity index (χ4n) is 2.98. The predicted octanol–water partition coefficient (Wildman–Crippen LogP) is 3.30. The van der Waals surface area contributed by atoms with E-state index in [0.717, 1.165) is 43.3 Å². The molecule has 1 unspecified atom stereocenters. The number of rotatable bonds is 5. The van der Waals surface area contributed by atoms with Crippen LogP contribution >= 0.6 is 0 Å². The van der Waals surface area contributed by atoms with Crippen LogP contribution in [-0.2, 0) is 11.3 Å². The average Bonchev–Trinajstić information content (AvgIpc) is 3.08. The summed E-state index contributed by atoms with van der Waals surface area (Å²) < 4.78 is 7.67. The Hall–Kier alpha value is -1.81. The molecule has 4 nitrogen and oxygen atoms in total. The van der Waals surface area contributed by atoms with E-state index in [1.165, 1.54) is 6.42 Å². The molecule has 0 radical (unpaired) electrons. The molecule has 1 aliphatic heterocycles. The van der Waals surface area contributed by atoms with Crippen molar-refractivity contribution in [3.05, 3.63) is 36.0 Å². The maximum absolute atomic E-state index is 11.3. The molecule has 0 amide bonds. The first-order valence-corrected chi connectivity index (χ1v) is 7.18. The number of nitrogens with zero attached hydrogens (tertiary/aromatic N) is 1. The molecule has 2 heterocycles. The van der Waals surface area contributed by atoms with Gasteiger partial charge in [0.1, 0.15) is 0 Å². The Morgan fingerprint density at radius 2 is 2.30 bits per heavy atom. The molecule has 2 aromatic rings. The number of fused-ring (bicyclic) bond motifs is 1. The standard InChI is InChI=1S/C16H19NO3/c18-16(19)14-7-1-4-12-8-10-17(15(12)14)9-2-5-13-6-3-11-20-13/h1,4,7-8,10,13H,2-3,5-6,9,11H2,(H,18,19). The van der Waals surface area contributed by atoms with Crippen LogP contribution in [0.15, 0.2) is 30.5 Å². The minimum Gasteiger partial charge on any atom is -0.478 e. The minimum absolute atomic E-state index is 0.379. The molecule has 1 saturated heterocycles. The summed E-state index contributed by atoms with van der Waals surface area (Å²) in [6, 6.07) is 7.40. The largest absolute Gasteiger partial charge is 0.478 e. The molecule has 20 heavy (non-hydrogen) atoms. The number of ether oxygens (including phenoxy) is 1. The van der Waals surface area contributed by atoms with Crippen LogP contribution in [0.25, 0.3) is 10.9 Å². The third kappa shape index (κ3) is 2.56. The summed E-state index contributed by atoms with van der Waals surface area (Å²) in [5.41, 5.74) is 1.21. The van der Waals surface area contributed by atoms with Gasteiger partial charge < -0.3 is 14.4 Å². The van der Waals surface area contributed by atoms with Crippen molar-refractivity contribution in [3.63, 3.8) is 0 Å². The van der Waals surface area contributed by atoms with Crippen LogP contribution in [0.1, 0.15) is 36.0 Å². The molecule has 3 rings (SSSR count). The molecule has 4 heteroatoms. The van der Waals surface area contributed by atoms with E-state index in [2.05, 4.69) is 0 Å². The second-order valence-electron chi connectivity index (χ2n) is 5.33. The van der Waals surface area contributed by atoms with Crippen LogP contribution in [0.5, 0.6) is 0 Å². The smallest absolute Gasteiger partial charge is 0.337 e. The van der Waals surface area contributed by atoms with Crippen molar-refractivity contribution in [1.29, 1.82) is 0 Å². The van der Waals surface area contributed by atoms with Gasteiger partial charge in [-0.15, -0.1) is 0 Å². The van der Waals surface area contributed by atoms with Crippen molar-refractivity contribution in [2.45, 2.75) is 38.3 Å². The summed E-state index contributed by atoms with van der Waals surface area (Å²) in [7, 11) is 0. The molecule has 106 valence electrons. The lowest BCUT2D eigenvalue weighted by atomic mass is 10.1. The molecule has 0 aliphatic carbocycles. The Kier molecular flexibility index (Phi) is 3.74. The van der Waals surface area contributed by atoms with Crippen molar-refractivity contribution in [3.8, 4) is 0 Å². The minimum atomic E-state index is -0.866. The third-order valence-electron chi connectivity index (χ3n) is 3.97. The normalized spacial score (nSPS) is 18.7. The summed E-state index contributed by atoms with van der Waals surface area (Å²) in [4.78, 5) is 11.3. The number of carboxylic acid groups (broad SMARTS) is 1. The van der Waals surface area contributed by atoms with Crippen LogP contribution in [0.2, 0.25) is 0 Å². The van der Waals surface area contributed by atoms with Crippen molar-refractivity contribution >= 4 is 16.9 Å². The lowest BCUT2D eigenvalue weighted by Crippen LogP contribution is -2.08. The molecule has 1 aliphatic rings. The van der Waals surface area contributed by atoms with E-state index in [4.69, 9.17) is 4.74 Å². The van der Waals surface area contributed by atoms with Crippen LogP contribution < -0.4 is 0 Å². The first-order chi connectivity index (χ1) is 9.75. The molecular formula is C16H19NO3. The average molecular weight is 273 g/mol. The number of aromatic nitrogens is 1. The van der Waals surface area contributed by atoms with Crippen LogP contribution in [0.4, 0.5) is 0 Å². The monoisotopic (exact) mass is 273 g/mol. The van der Waals surface area contributed by atoms with Gasteiger partial charge in [0.05, 0.1) is 17.2 Å². The molecule has 1 fully saturated rings. The number of carbonyl (C=O) groups is 1. The summed E-state index contributed by atoms with van der Waals surface area (Å²) in [6.45, 7) is 1.73. The molecule has 1 N–H and O–H groups in total. The Morgan fingerprint density at radius 1 is 1.40 bits per heavy atom. The highest BCUT2D eigenvalue weighted by atomic mass is 16.5. The van der Waals surface area contributed by atoms with E-state index in [1.54, 1.807) is 12.1 Å². The van der Waals surface area contributed by atoms with Gasteiger partial charge in [-0.05, 0) is 37.8 Å². The first-order valence-electron chi connectivity index (χ1n) is 7.18. The molecule has 1 aromatic carbocycles. The zero-order chi connectivity index (χ0) is 13.9. The number of hydrogen-bond acceptors (Lipinski definition) is 2. The van der Waals surface area contributed by atoms with Gasteiger partial charge in [0.25, 0.3) is 0 Å². The van der Waals surface area contributed by atoms with Crippen molar-refractivity contribution in [2.75, 3.05) is 6.61 Å². The number of carboxylic acids is 1. The molecule has 0 spiro atoms. The van der Waals surface area contributed by atoms with Crippen molar-refractivity contribution in [1.82, 2.24) is 4.57 Å². The van der Waals surface area contributed by atoms with Gasteiger partial charge in [0, 0.05) is 24.7 Å². The number of aryl methyl sites for hydroxylation is 1. The Morgan fingerprint density at radius 3 is 3.05 bits per heavy atom. The maximum atomic E-state index is 11.3. The Balaban J connectivity index is 1.75. The van der Waals surface area contributed by atoms with E-state index in [-0.39, 0.29) is 0 Å². The highest BCUT2D eigenvalue weighted by molar-refractivity contribution is 6.02. The molecule has 0 saturated carbocycles. The number of aromatic carboxylic acids is 1. The summed E-state index contributed by atoms with van der Waals surface area (Å²) >= 11 is 0. The number of para-hydroxylation sites is 1. The summed E-state index contributed by atoms with van der Waals surface area (Å²) in [6.07, 6.45) is 6.77. The number of hydrogen-bond donors (Lipinski definition) is 1. The van der Waals surface area contributed by atoms with Gasteiger partial charge in [0.2, 0.25) is 0 Å². The highest BCUT2D eigenvalue weighted by Crippen LogP contribution is 2.22. The fourth-order valence-corrected chi connectivity index (χ4v) is 2.98. The van der Waals surface area contributed by atoms with Crippen LogP contribution in [-0.4, -0.2) is 28.4 Å². The maximum Gasteiger partial charge on any atom is 0.337 e. The van der Waals surface area contributed by atoms with Crippen molar-refractivity contribution < 1.29 is 14.6 Å². The van der Waals surface area contributed by atoms with E-state index in [9.17, 15) is 9.90 Å². The lowest BCUT2D eigenvalue weighted by Gasteiger charge is -2.11. The Labute approximate surface area is 118 Å². The molecule has 1 atom stereocenters. The first kappa shape index (κ1) is 13.2. The predicted molar refractivity (Wildman–Crippen MR) is 77.1 cm³/mol. The SMILES string of the molecule is O=C(O)c1cccc2ccn(CCCC3CCCO3)c12. The summed E-state index contributed by atoms with van der Waals surface area (Å²) in [5, 5.41) is 10.3. The molecule has 0 bridgehead atoms. The zero-order valence-corrected chi connectivity index (χ0v) is 11.4. The quantitative estimate of drug-likeness (QED) is 0.909. The summed E-state index contributed by atoms with van der Waals surface area (Å²) in [5.74, 6) is -0.866. The van der Waals surface area contributed by atoms with Gasteiger partial charge in [0.15, 0.2) is 0 Å². The van der Waals surface area contributed by atoms with Crippen molar-refractivity contribution in [2.24, 2.45) is 0 Å². The van der Waals surface area contributed by atoms with Crippen LogP contribution in [0, 0.1) is 0 Å². The lowest BCUT2D eigenvalue weighted by molar-refractivity contribution is 0.0698. The van der Waals surface area contributed by atoms with Gasteiger partial charge in [-0.1, -0.05) is 12.1 Å². The second kappa shape index (κ2) is 5.67. The van der Waals surface area contributed by atoms with Gasteiger partial charge >= 0.3 is 5.97 Å². The third-order valence-corrected chi connectivity index (χ3v) is 3.97. The van der Waals surface area contributed by atoms with Crippen LogP contribution in [0.3, 0.4) is 0 Å². The van der Waals surface area contributed by atoms with E-state index < -0.39 is 5.97 Å². The van der Waals surface area contributed by atoms with E-state index in [0.29, 0.717) is 11.7 Å². The zero-order valence-electron chi connectivity index (χ0n) is 11.4. The topological polar surface area (TPSA) is 51.5 Å². The van der Waals surface area contributed by atoms with Gasteiger partial charge in [-0.25, -0.2) is 4.79 Å². The van der Waals surface area contributed by atoms with E-state index >= 15 is 0 Å². The molecular weight excluding hydrogens is 254 g/mol. The van der Waals surface area contributed by atoms with Gasteiger partial charge in [-0.3, -0.25) is 0 Å². The Bertz CT molecular complexity index is 611.